The van der Waals surface area contributed by atoms with E-state index in [4.69, 9.17) is 15.5 Å². The molecule has 6 rings (SSSR count). The van der Waals surface area contributed by atoms with Crippen molar-refractivity contribution >= 4 is 11.7 Å². The fourth-order valence-corrected chi connectivity index (χ4v) is 5.18. The minimum absolute atomic E-state index is 0.00444. The molecule has 0 saturated carbocycles. The van der Waals surface area contributed by atoms with Gasteiger partial charge in [-0.1, -0.05) is 6.07 Å². The van der Waals surface area contributed by atoms with E-state index in [-0.39, 0.29) is 23.6 Å². The van der Waals surface area contributed by atoms with E-state index in [9.17, 15) is 13.6 Å². The molecule has 2 bridgehead atoms. The molecule has 1 aromatic carbocycles. The van der Waals surface area contributed by atoms with Gasteiger partial charge < -0.3 is 15.4 Å². The highest BCUT2D eigenvalue weighted by atomic mass is 19.3. The maximum atomic E-state index is 13.3. The summed E-state index contributed by atoms with van der Waals surface area (Å²) in [6.07, 6.45) is 7.46. The predicted molar refractivity (Wildman–Crippen MR) is 126 cm³/mol. The smallest absolute Gasteiger partial charge is 0.387 e. The summed E-state index contributed by atoms with van der Waals surface area (Å²) in [6, 6.07) is 4.37. The number of hydrogen-bond donors (Lipinski definition) is 1. The first-order chi connectivity index (χ1) is 17.1. The highest BCUT2D eigenvalue weighted by molar-refractivity contribution is 5.98. The van der Waals surface area contributed by atoms with E-state index in [0.29, 0.717) is 34.8 Å². The van der Waals surface area contributed by atoms with Crippen LogP contribution in [0.5, 0.6) is 5.75 Å². The molecular formula is C25H23F2N7O2. The lowest BCUT2D eigenvalue weighted by molar-refractivity contribution is -0.0506. The molecule has 4 aromatic rings. The summed E-state index contributed by atoms with van der Waals surface area (Å²) in [4.78, 5) is 32.9. The quantitative estimate of drug-likeness (QED) is 0.464. The fourth-order valence-electron chi connectivity index (χ4n) is 5.18. The Bertz CT molecular complexity index is 1510. The molecule has 9 nitrogen and oxygen atoms in total. The van der Waals surface area contributed by atoms with Crippen molar-refractivity contribution in [2.24, 2.45) is 5.73 Å². The third kappa shape index (κ3) is 3.34. The summed E-state index contributed by atoms with van der Waals surface area (Å²) in [5.74, 6) is 0.330. The van der Waals surface area contributed by atoms with Gasteiger partial charge in [0.15, 0.2) is 0 Å². The molecule has 184 valence electrons. The van der Waals surface area contributed by atoms with E-state index >= 15 is 0 Å². The highest BCUT2D eigenvalue weighted by Gasteiger charge is 2.46. The number of aromatic nitrogens is 5. The lowest BCUT2D eigenvalue weighted by atomic mass is 9.91. The third-order valence-electron chi connectivity index (χ3n) is 6.86. The summed E-state index contributed by atoms with van der Waals surface area (Å²) in [5, 5.41) is 0. The molecule has 2 unspecified atom stereocenters. The Labute approximate surface area is 205 Å². The Kier molecular flexibility index (Phi) is 4.84. The van der Waals surface area contributed by atoms with Crippen LogP contribution in [0.3, 0.4) is 0 Å². The van der Waals surface area contributed by atoms with Crippen LogP contribution in [-0.4, -0.2) is 48.8 Å². The number of nitrogens with two attached hydrogens (primary N) is 1. The van der Waals surface area contributed by atoms with Gasteiger partial charge in [-0.2, -0.15) is 8.78 Å². The molecule has 1 aliphatic heterocycles. The van der Waals surface area contributed by atoms with Gasteiger partial charge in [0.1, 0.15) is 11.6 Å². The van der Waals surface area contributed by atoms with Gasteiger partial charge in [0.05, 0.1) is 23.0 Å². The standard InChI is InChI=1S/C25H23F2N7O2/c1-25(2,28)22-29-8-12(9-30-22)13-10-31-24-32-19-16-7-15(20(19)34(24)11-13)18-14(21(35)33(16)3)5-4-6-17(18)36-23(26)27/h4-6,8-11,15-16,23H,7,28H2,1-3H3. The second kappa shape index (κ2) is 7.76. The van der Waals surface area contributed by atoms with Crippen molar-refractivity contribution < 1.29 is 18.3 Å². The molecule has 2 aliphatic rings. The fraction of sp³-hybridized carbons (Fsp3) is 0.320. The molecular weight excluding hydrogens is 468 g/mol. The number of fused-ring (bicyclic) bond motifs is 9. The van der Waals surface area contributed by atoms with Crippen LogP contribution in [0.1, 0.15) is 65.4 Å². The summed E-state index contributed by atoms with van der Waals surface area (Å²) in [6.45, 7) is 0.647. The van der Waals surface area contributed by atoms with Crippen molar-refractivity contribution in [1.82, 2.24) is 29.2 Å². The van der Waals surface area contributed by atoms with E-state index in [2.05, 4.69) is 15.0 Å². The minimum Gasteiger partial charge on any atom is -0.434 e. The van der Waals surface area contributed by atoms with Crippen LogP contribution in [0.15, 0.2) is 43.0 Å². The molecule has 0 fully saturated rings. The van der Waals surface area contributed by atoms with Crippen molar-refractivity contribution in [3.63, 3.8) is 0 Å². The Morgan fingerprint density at radius 1 is 1.14 bits per heavy atom. The SMILES string of the molecule is CN1C(=O)c2cccc(OC(F)F)c2C2CC1c1nc3ncc(-c4cnc(C(C)(C)N)nc4)cn3c12. The molecule has 2 N–H and O–H groups in total. The number of benzene rings is 1. The Morgan fingerprint density at radius 3 is 2.56 bits per heavy atom. The number of nitrogens with zero attached hydrogens (tertiary/aromatic N) is 6. The molecule has 1 aliphatic carbocycles. The number of amides is 1. The van der Waals surface area contributed by atoms with Crippen LogP contribution >= 0.6 is 0 Å². The van der Waals surface area contributed by atoms with E-state index in [1.165, 1.54) is 6.07 Å². The number of alkyl halides is 2. The van der Waals surface area contributed by atoms with Crippen LogP contribution in [0.25, 0.3) is 16.9 Å². The Hall–Kier alpha value is -3.99. The zero-order chi connectivity index (χ0) is 25.4. The first-order valence-electron chi connectivity index (χ1n) is 11.5. The van der Waals surface area contributed by atoms with Crippen LogP contribution in [0, 0.1) is 0 Å². The Morgan fingerprint density at radius 2 is 1.86 bits per heavy atom. The number of rotatable bonds is 4. The van der Waals surface area contributed by atoms with E-state index in [1.807, 2.05) is 24.4 Å². The summed E-state index contributed by atoms with van der Waals surface area (Å²) in [5.41, 5.74) is 9.22. The van der Waals surface area contributed by atoms with Gasteiger partial charge in [-0.05, 0) is 32.4 Å². The Balaban J connectivity index is 1.52. The first-order valence-corrected chi connectivity index (χ1v) is 11.5. The van der Waals surface area contributed by atoms with Crippen LogP contribution in [0.4, 0.5) is 8.78 Å². The zero-order valence-corrected chi connectivity index (χ0v) is 19.8. The molecule has 2 atom stereocenters. The monoisotopic (exact) mass is 491 g/mol. The van der Waals surface area contributed by atoms with Gasteiger partial charge in [0.25, 0.3) is 5.91 Å². The number of halogens is 2. The summed E-state index contributed by atoms with van der Waals surface area (Å²) < 4.78 is 33.3. The second-order valence-electron chi connectivity index (χ2n) is 9.73. The first kappa shape index (κ1) is 22.5. The molecule has 3 aromatic heterocycles. The summed E-state index contributed by atoms with van der Waals surface area (Å²) in [7, 11) is 1.70. The van der Waals surface area contributed by atoms with Crippen molar-refractivity contribution in [3.8, 4) is 16.9 Å². The molecule has 0 spiro atoms. The molecule has 1 amide bonds. The summed E-state index contributed by atoms with van der Waals surface area (Å²) >= 11 is 0. The molecule has 0 radical (unpaired) electrons. The maximum absolute atomic E-state index is 13.3. The zero-order valence-electron chi connectivity index (χ0n) is 19.8. The molecule has 0 saturated heterocycles. The largest absolute Gasteiger partial charge is 0.434 e. The highest BCUT2D eigenvalue weighted by Crippen LogP contribution is 2.52. The van der Waals surface area contributed by atoms with Crippen molar-refractivity contribution in [1.29, 1.82) is 0 Å². The van der Waals surface area contributed by atoms with Crippen LogP contribution < -0.4 is 10.5 Å². The van der Waals surface area contributed by atoms with Crippen LogP contribution in [-0.2, 0) is 5.54 Å². The minimum atomic E-state index is -3.01. The third-order valence-corrected chi connectivity index (χ3v) is 6.86. The van der Waals surface area contributed by atoms with Gasteiger partial charge >= 0.3 is 6.61 Å². The van der Waals surface area contributed by atoms with E-state index < -0.39 is 12.2 Å². The van der Waals surface area contributed by atoms with Gasteiger partial charge in [0, 0.05) is 60.0 Å². The lowest BCUT2D eigenvalue weighted by Crippen LogP contribution is -2.31. The van der Waals surface area contributed by atoms with Crippen molar-refractivity contribution in [3.05, 3.63) is 71.3 Å². The number of hydrogen-bond acceptors (Lipinski definition) is 7. The van der Waals surface area contributed by atoms with Crippen LogP contribution in [0.2, 0.25) is 0 Å². The van der Waals surface area contributed by atoms with Gasteiger partial charge in [0.2, 0.25) is 5.78 Å². The predicted octanol–water partition coefficient (Wildman–Crippen LogP) is 3.64. The molecule has 4 heterocycles. The van der Waals surface area contributed by atoms with Crippen molar-refractivity contribution in [2.45, 2.75) is 44.4 Å². The normalized spacial score (nSPS) is 19.0. The average molecular weight is 492 g/mol. The molecule has 36 heavy (non-hydrogen) atoms. The maximum Gasteiger partial charge on any atom is 0.387 e. The average Bonchev–Trinajstić information content (AvgIpc) is 3.36. The topological polar surface area (TPSA) is 112 Å². The van der Waals surface area contributed by atoms with Crippen molar-refractivity contribution in [2.75, 3.05) is 7.05 Å². The number of imidazole rings is 1. The number of carbonyl (C=O) groups excluding carboxylic acids is 1. The van der Waals surface area contributed by atoms with E-state index in [0.717, 1.165) is 16.8 Å². The van der Waals surface area contributed by atoms with Gasteiger partial charge in [-0.25, -0.2) is 19.9 Å². The number of carbonyl (C=O) groups is 1. The van der Waals surface area contributed by atoms with Gasteiger partial charge in [-0.15, -0.1) is 0 Å². The molecule has 11 heteroatoms. The van der Waals surface area contributed by atoms with E-state index in [1.54, 1.807) is 42.7 Å². The van der Waals surface area contributed by atoms with Gasteiger partial charge in [-0.3, -0.25) is 9.20 Å². The second-order valence-corrected chi connectivity index (χ2v) is 9.73. The lowest BCUT2D eigenvalue weighted by Gasteiger charge is -2.23. The number of ether oxygens (including phenoxy) is 1.